The molecule has 0 aliphatic heterocycles. The van der Waals surface area contributed by atoms with E-state index >= 15 is 4.39 Å². The fourth-order valence-electron chi connectivity index (χ4n) is 7.11. The number of benzene rings is 1. The second-order valence-electron chi connectivity index (χ2n) is 11.3. The Labute approximate surface area is 190 Å². The summed E-state index contributed by atoms with van der Waals surface area (Å²) in [6.07, 6.45) is 17.5. The van der Waals surface area contributed by atoms with Gasteiger partial charge in [0, 0.05) is 5.41 Å². The predicted octanol–water partition coefficient (Wildman–Crippen LogP) is 9.01. The summed E-state index contributed by atoms with van der Waals surface area (Å²) in [7, 11) is 0. The van der Waals surface area contributed by atoms with Crippen LogP contribution < -0.4 is 4.74 Å². The third kappa shape index (κ3) is 5.31. The van der Waals surface area contributed by atoms with Gasteiger partial charge in [-0.1, -0.05) is 38.8 Å². The van der Waals surface area contributed by atoms with Gasteiger partial charge in [0.25, 0.3) is 0 Å². The highest BCUT2D eigenvalue weighted by Crippen LogP contribution is 2.61. The van der Waals surface area contributed by atoms with Crippen LogP contribution in [0.1, 0.15) is 122 Å². The first-order valence-electron chi connectivity index (χ1n) is 13.4. The molecule has 0 saturated heterocycles. The van der Waals surface area contributed by atoms with Gasteiger partial charge in [-0.05, 0) is 118 Å². The van der Waals surface area contributed by atoms with Gasteiger partial charge in [-0.25, -0.2) is 4.39 Å². The van der Waals surface area contributed by atoms with Crippen LogP contribution in [-0.4, -0.2) is 12.8 Å². The molecule has 4 fully saturated rings. The zero-order chi connectivity index (χ0) is 21.7. The first-order chi connectivity index (χ1) is 15.1. The van der Waals surface area contributed by atoms with Gasteiger partial charge < -0.3 is 4.74 Å². The second kappa shape index (κ2) is 10.3. The molecule has 1 aromatic rings. The van der Waals surface area contributed by atoms with Crippen LogP contribution in [0.3, 0.4) is 0 Å². The summed E-state index contributed by atoms with van der Waals surface area (Å²) in [6.45, 7) is 5.32. The Bertz CT molecular complexity index is 648. The molecule has 0 N–H and O–H groups in total. The summed E-state index contributed by atoms with van der Waals surface area (Å²) in [6, 6.07) is 8.79. The van der Waals surface area contributed by atoms with Crippen molar-refractivity contribution in [3.8, 4) is 5.75 Å². The number of ether oxygens (including phenoxy) is 1. The maximum absolute atomic E-state index is 15.6. The average molecular weight is 429 g/mol. The Morgan fingerprint density at radius 3 is 2.13 bits per heavy atom. The van der Waals surface area contributed by atoms with Crippen LogP contribution in [0, 0.1) is 16.7 Å². The molecule has 0 heterocycles. The van der Waals surface area contributed by atoms with Crippen LogP contribution in [0.15, 0.2) is 24.3 Å². The number of unbranched alkanes of at least 4 members (excludes halogenated alkanes) is 1. The highest BCUT2D eigenvalue weighted by Gasteiger charge is 2.52. The van der Waals surface area contributed by atoms with Gasteiger partial charge in [-0.15, -0.1) is 0 Å². The van der Waals surface area contributed by atoms with Crippen molar-refractivity contribution in [1.82, 2.24) is 0 Å². The normalized spacial score (nSPS) is 33.9. The number of hydrogen-bond acceptors (Lipinski definition) is 1. The molecule has 2 bridgehead atoms. The minimum Gasteiger partial charge on any atom is -0.494 e. The van der Waals surface area contributed by atoms with Crippen LogP contribution in [0.2, 0.25) is 0 Å². The lowest BCUT2D eigenvalue weighted by Gasteiger charge is -2.55. The summed E-state index contributed by atoms with van der Waals surface area (Å²) in [5, 5.41) is 0. The molecule has 5 rings (SSSR count). The molecule has 0 aromatic heterocycles. The summed E-state index contributed by atoms with van der Waals surface area (Å²) >= 11 is 0. The molecule has 1 aromatic carbocycles. The maximum atomic E-state index is 15.6. The summed E-state index contributed by atoms with van der Waals surface area (Å²) in [5.74, 6) is 2.24. The Kier molecular flexibility index (Phi) is 7.65. The minimum absolute atomic E-state index is 0.0416. The van der Waals surface area contributed by atoms with Crippen molar-refractivity contribution in [2.75, 3.05) is 6.61 Å². The van der Waals surface area contributed by atoms with Gasteiger partial charge in [0.05, 0.1) is 6.61 Å². The molecular formula is C29H45FO. The van der Waals surface area contributed by atoms with Crippen molar-refractivity contribution in [2.45, 2.75) is 122 Å². The van der Waals surface area contributed by atoms with Gasteiger partial charge >= 0.3 is 0 Å². The van der Waals surface area contributed by atoms with E-state index in [4.69, 9.17) is 4.74 Å². The van der Waals surface area contributed by atoms with E-state index in [2.05, 4.69) is 38.1 Å². The SMILES string of the molecule is CCCCOc1ccc(C2CCC(CC(F)C34CCC(CCC)(CC3)CC4)CC2)cc1. The molecule has 1 nitrogen and oxygen atoms in total. The second-order valence-corrected chi connectivity index (χ2v) is 11.3. The van der Waals surface area contributed by atoms with E-state index in [0.29, 0.717) is 17.3 Å². The fraction of sp³-hybridized carbons (Fsp3) is 0.793. The third-order valence-electron chi connectivity index (χ3n) is 9.41. The zero-order valence-corrected chi connectivity index (χ0v) is 20.1. The standard InChI is InChI=1S/C29H45FO/c1-3-5-21-31-26-12-10-25(11-13-26)24-8-6-23(7-9-24)22-27(30)29-18-15-28(14-4-2,16-19-29)17-20-29/h10-13,23-24,27H,3-9,14-22H2,1-2H3. The first-order valence-corrected chi connectivity index (χ1v) is 13.4. The monoisotopic (exact) mass is 428 g/mol. The molecule has 0 amide bonds. The Hall–Kier alpha value is -1.05. The molecule has 1 atom stereocenters. The maximum Gasteiger partial charge on any atom is 0.119 e. The Morgan fingerprint density at radius 2 is 1.55 bits per heavy atom. The lowest BCUT2D eigenvalue weighted by molar-refractivity contribution is -0.0695. The third-order valence-corrected chi connectivity index (χ3v) is 9.41. The molecule has 2 heteroatoms. The zero-order valence-electron chi connectivity index (χ0n) is 20.1. The van der Waals surface area contributed by atoms with Crippen molar-refractivity contribution in [2.24, 2.45) is 16.7 Å². The van der Waals surface area contributed by atoms with Crippen LogP contribution in [0.4, 0.5) is 4.39 Å². The summed E-state index contributed by atoms with van der Waals surface area (Å²) in [4.78, 5) is 0. The average Bonchev–Trinajstić information content (AvgIpc) is 2.81. The van der Waals surface area contributed by atoms with E-state index < -0.39 is 6.17 Å². The quantitative estimate of drug-likeness (QED) is 0.338. The number of alkyl halides is 1. The molecule has 174 valence electrons. The number of hydrogen-bond donors (Lipinski definition) is 0. The molecular weight excluding hydrogens is 383 g/mol. The van der Waals surface area contributed by atoms with Crippen LogP contribution in [0.5, 0.6) is 5.75 Å². The van der Waals surface area contributed by atoms with E-state index in [-0.39, 0.29) is 5.41 Å². The largest absolute Gasteiger partial charge is 0.494 e. The predicted molar refractivity (Wildman–Crippen MR) is 129 cm³/mol. The van der Waals surface area contributed by atoms with Gasteiger partial charge in [-0.3, -0.25) is 0 Å². The van der Waals surface area contributed by atoms with Crippen molar-refractivity contribution in [3.05, 3.63) is 29.8 Å². The first kappa shape index (κ1) is 23.1. The molecule has 0 spiro atoms. The summed E-state index contributed by atoms with van der Waals surface area (Å²) < 4.78 is 21.5. The molecule has 4 aliphatic carbocycles. The lowest BCUT2D eigenvalue weighted by atomic mass is 9.51. The number of halogens is 1. The van der Waals surface area contributed by atoms with Gasteiger partial charge in [0.15, 0.2) is 0 Å². The summed E-state index contributed by atoms with van der Waals surface area (Å²) in [5.41, 5.74) is 2.08. The fourth-order valence-corrected chi connectivity index (χ4v) is 7.11. The van der Waals surface area contributed by atoms with Gasteiger partial charge in [-0.2, -0.15) is 0 Å². The highest BCUT2D eigenvalue weighted by atomic mass is 19.1. The molecule has 1 unspecified atom stereocenters. The van der Waals surface area contributed by atoms with Crippen molar-refractivity contribution < 1.29 is 9.13 Å². The van der Waals surface area contributed by atoms with Gasteiger partial charge in [0.1, 0.15) is 11.9 Å². The minimum atomic E-state index is -0.562. The number of fused-ring (bicyclic) bond motifs is 3. The van der Waals surface area contributed by atoms with Crippen LogP contribution in [0.25, 0.3) is 0 Å². The van der Waals surface area contributed by atoms with E-state index in [9.17, 15) is 0 Å². The van der Waals surface area contributed by atoms with E-state index in [1.807, 2.05) is 0 Å². The smallest absolute Gasteiger partial charge is 0.119 e. The van der Waals surface area contributed by atoms with Crippen molar-refractivity contribution >= 4 is 0 Å². The van der Waals surface area contributed by atoms with Gasteiger partial charge in [0.2, 0.25) is 0 Å². The van der Waals surface area contributed by atoms with Crippen LogP contribution in [-0.2, 0) is 0 Å². The molecule has 4 saturated carbocycles. The molecule has 31 heavy (non-hydrogen) atoms. The molecule has 0 radical (unpaired) electrons. The van der Waals surface area contributed by atoms with Crippen LogP contribution >= 0.6 is 0 Å². The lowest BCUT2D eigenvalue weighted by Crippen LogP contribution is -2.47. The molecule has 4 aliphatic rings. The highest BCUT2D eigenvalue weighted by molar-refractivity contribution is 5.29. The van der Waals surface area contributed by atoms with E-state index in [1.54, 1.807) is 0 Å². The Balaban J connectivity index is 1.23. The van der Waals surface area contributed by atoms with E-state index in [1.165, 1.54) is 69.8 Å². The van der Waals surface area contributed by atoms with Crippen molar-refractivity contribution in [1.29, 1.82) is 0 Å². The number of rotatable bonds is 10. The topological polar surface area (TPSA) is 9.23 Å². The van der Waals surface area contributed by atoms with Crippen molar-refractivity contribution in [3.63, 3.8) is 0 Å². The Morgan fingerprint density at radius 1 is 0.903 bits per heavy atom. The van der Waals surface area contributed by atoms with E-state index in [0.717, 1.165) is 44.5 Å².